The highest BCUT2D eigenvalue weighted by atomic mass is 16.2. The molecule has 1 aromatic carbocycles. The van der Waals surface area contributed by atoms with E-state index in [1.165, 1.54) is 5.56 Å². The third-order valence-electron chi connectivity index (χ3n) is 3.80. The Morgan fingerprint density at radius 1 is 1.37 bits per heavy atom. The first kappa shape index (κ1) is 14.0. The summed E-state index contributed by atoms with van der Waals surface area (Å²) < 4.78 is 0. The molecule has 0 saturated carbocycles. The number of nitrogen functional groups attached to an aromatic ring is 1. The smallest absolute Gasteiger partial charge is 0.265 e. The van der Waals surface area contributed by atoms with Crippen molar-refractivity contribution in [3.8, 4) is 0 Å². The second kappa shape index (κ2) is 6.14. The molecule has 1 atom stereocenters. The highest BCUT2D eigenvalue weighted by Crippen LogP contribution is 2.12. The Morgan fingerprint density at radius 2 is 2.05 bits per heavy atom. The SMILES string of the molecule is CC1CN(Cc2ccc(C(=O)NN)cc2)CCN1C. The van der Waals surface area contributed by atoms with Gasteiger partial charge in [-0.25, -0.2) is 5.84 Å². The van der Waals surface area contributed by atoms with Crippen LogP contribution in [0.5, 0.6) is 0 Å². The van der Waals surface area contributed by atoms with Crippen LogP contribution in [0.2, 0.25) is 0 Å². The molecule has 104 valence electrons. The summed E-state index contributed by atoms with van der Waals surface area (Å²) in [6.07, 6.45) is 0. The van der Waals surface area contributed by atoms with Gasteiger partial charge in [-0.1, -0.05) is 12.1 Å². The van der Waals surface area contributed by atoms with E-state index in [1.54, 1.807) is 0 Å². The number of carbonyl (C=O) groups is 1. The number of hydrogen-bond acceptors (Lipinski definition) is 4. The van der Waals surface area contributed by atoms with E-state index in [0.717, 1.165) is 26.2 Å². The summed E-state index contributed by atoms with van der Waals surface area (Å²) in [6.45, 7) is 6.46. The van der Waals surface area contributed by atoms with Crippen LogP contribution >= 0.6 is 0 Å². The van der Waals surface area contributed by atoms with Crippen molar-refractivity contribution < 1.29 is 4.79 Å². The molecule has 1 fully saturated rings. The largest absolute Gasteiger partial charge is 0.301 e. The average molecular weight is 262 g/mol. The lowest BCUT2D eigenvalue weighted by Crippen LogP contribution is -2.49. The van der Waals surface area contributed by atoms with Crippen LogP contribution in [0, 0.1) is 0 Å². The quantitative estimate of drug-likeness (QED) is 0.471. The molecule has 1 heterocycles. The maximum absolute atomic E-state index is 11.3. The fraction of sp³-hybridized carbons (Fsp3) is 0.500. The summed E-state index contributed by atoms with van der Waals surface area (Å²) in [4.78, 5) is 16.2. The van der Waals surface area contributed by atoms with Gasteiger partial charge >= 0.3 is 0 Å². The van der Waals surface area contributed by atoms with E-state index in [4.69, 9.17) is 5.84 Å². The molecule has 1 saturated heterocycles. The van der Waals surface area contributed by atoms with Crippen molar-refractivity contribution in [2.75, 3.05) is 26.7 Å². The van der Waals surface area contributed by atoms with E-state index >= 15 is 0 Å². The van der Waals surface area contributed by atoms with Gasteiger partial charge in [-0.05, 0) is 31.7 Å². The minimum atomic E-state index is -0.250. The fourth-order valence-electron chi connectivity index (χ4n) is 2.37. The number of likely N-dealkylation sites (N-methyl/N-ethyl adjacent to an activating group) is 1. The van der Waals surface area contributed by atoms with Gasteiger partial charge in [-0.2, -0.15) is 0 Å². The summed E-state index contributed by atoms with van der Waals surface area (Å²) in [6, 6.07) is 8.21. The number of nitrogens with one attached hydrogen (secondary N) is 1. The Kier molecular flexibility index (Phi) is 4.52. The normalized spacial score (nSPS) is 21.3. The van der Waals surface area contributed by atoms with E-state index < -0.39 is 0 Å². The summed E-state index contributed by atoms with van der Waals surface area (Å²) in [5, 5.41) is 0. The number of amides is 1. The topological polar surface area (TPSA) is 61.6 Å². The molecule has 0 radical (unpaired) electrons. The number of nitrogens with two attached hydrogens (primary N) is 1. The molecule has 3 N–H and O–H groups in total. The lowest BCUT2D eigenvalue weighted by Gasteiger charge is -2.37. The highest BCUT2D eigenvalue weighted by Gasteiger charge is 2.20. The molecule has 2 rings (SSSR count). The molecule has 0 spiro atoms. The second-order valence-electron chi connectivity index (χ2n) is 5.24. The van der Waals surface area contributed by atoms with Crippen molar-refractivity contribution in [1.29, 1.82) is 0 Å². The molecule has 1 unspecified atom stereocenters. The van der Waals surface area contributed by atoms with Crippen molar-refractivity contribution >= 4 is 5.91 Å². The third kappa shape index (κ3) is 3.53. The predicted molar refractivity (Wildman–Crippen MR) is 75.5 cm³/mol. The Labute approximate surface area is 114 Å². The molecule has 0 aromatic heterocycles. The summed E-state index contributed by atoms with van der Waals surface area (Å²) >= 11 is 0. The van der Waals surface area contributed by atoms with Crippen LogP contribution < -0.4 is 11.3 Å². The summed E-state index contributed by atoms with van der Waals surface area (Å²) in [7, 11) is 2.17. The van der Waals surface area contributed by atoms with Crippen LogP contribution in [0.4, 0.5) is 0 Å². The Bertz CT molecular complexity index is 432. The van der Waals surface area contributed by atoms with Crippen LogP contribution in [0.3, 0.4) is 0 Å². The van der Waals surface area contributed by atoms with Gasteiger partial charge in [0.1, 0.15) is 0 Å². The van der Waals surface area contributed by atoms with Crippen LogP contribution in [-0.2, 0) is 6.54 Å². The maximum atomic E-state index is 11.3. The van der Waals surface area contributed by atoms with Gasteiger partial charge in [-0.15, -0.1) is 0 Å². The lowest BCUT2D eigenvalue weighted by atomic mass is 10.1. The van der Waals surface area contributed by atoms with Gasteiger partial charge in [0, 0.05) is 37.8 Å². The minimum absolute atomic E-state index is 0.250. The van der Waals surface area contributed by atoms with Crippen molar-refractivity contribution in [1.82, 2.24) is 15.2 Å². The van der Waals surface area contributed by atoms with Gasteiger partial charge in [-0.3, -0.25) is 15.1 Å². The van der Waals surface area contributed by atoms with Crippen LogP contribution in [-0.4, -0.2) is 48.4 Å². The molecular formula is C14H22N4O. The number of piperazine rings is 1. The number of nitrogens with zero attached hydrogens (tertiary/aromatic N) is 2. The molecule has 1 aliphatic rings. The highest BCUT2D eigenvalue weighted by molar-refractivity contribution is 5.93. The van der Waals surface area contributed by atoms with E-state index in [2.05, 4.69) is 29.2 Å². The third-order valence-corrected chi connectivity index (χ3v) is 3.80. The first-order chi connectivity index (χ1) is 9.10. The number of carbonyl (C=O) groups excluding carboxylic acids is 1. The molecule has 0 bridgehead atoms. The summed E-state index contributed by atoms with van der Waals surface area (Å²) in [5.41, 5.74) is 3.96. The first-order valence-electron chi connectivity index (χ1n) is 6.62. The number of rotatable bonds is 3. The van der Waals surface area contributed by atoms with E-state index in [9.17, 15) is 4.79 Å². The molecular weight excluding hydrogens is 240 g/mol. The van der Waals surface area contributed by atoms with Crippen LogP contribution in [0.15, 0.2) is 24.3 Å². The van der Waals surface area contributed by atoms with Crippen LogP contribution in [0.25, 0.3) is 0 Å². The molecule has 5 nitrogen and oxygen atoms in total. The zero-order chi connectivity index (χ0) is 13.8. The van der Waals surface area contributed by atoms with Gasteiger partial charge in [0.15, 0.2) is 0 Å². The monoisotopic (exact) mass is 262 g/mol. The second-order valence-corrected chi connectivity index (χ2v) is 5.24. The Morgan fingerprint density at radius 3 is 2.63 bits per heavy atom. The fourth-order valence-corrected chi connectivity index (χ4v) is 2.37. The zero-order valence-electron chi connectivity index (χ0n) is 11.6. The minimum Gasteiger partial charge on any atom is -0.301 e. The maximum Gasteiger partial charge on any atom is 0.265 e. The lowest BCUT2D eigenvalue weighted by molar-refractivity contribution is 0.0953. The van der Waals surface area contributed by atoms with Crippen molar-refractivity contribution in [2.45, 2.75) is 19.5 Å². The molecule has 1 aromatic rings. The van der Waals surface area contributed by atoms with Crippen LogP contribution in [0.1, 0.15) is 22.8 Å². The van der Waals surface area contributed by atoms with Gasteiger partial charge in [0.25, 0.3) is 5.91 Å². The molecule has 1 aliphatic heterocycles. The van der Waals surface area contributed by atoms with E-state index in [1.807, 2.05) is 24.3 Å². The van der Waals surface area contributed by atoms with Crippen molar-refractivity contribution in [3.63, 3.8) is 0 Å². The van der Waals surface area contributed by atoms with Crippen molar-refractivity contribution in [2.24, 2.45) is 5.84 Å². The van der Waals surface area contributed by atoms with E-state index in [0.29, 0.717) is 11.6 Å². The van der Waals surface area contributed by atoms with E-state index in [-0.39, 0.29) is 5.91 Å². The predicted octanol–water partition coefficient (Wildman–Crippen LogP) is 0.426. The standard InChI is InChI=1S/C14H22N4O/c1-11-9-18(8-7-17(11)2)10-12-3-5-13(6-4-12)14(19)16-15/h3-6,11H,7-10,15H2,1-2H3,(H,16,19). The average Bonchev–Trinajstić information content (AvgIpc) is 2.43. The van der Waals surface area contributed by atoms with Gasteiger partial charge in [0.2, 0.25) is 0 Å². The number of benzene rings is 1. The number of hydrogen-bond donors (Lipinski definition) is 2. The first-order valence-corrected chi connectivity index (χ1v) is 6.62. The molecule has 1 amide bonds. The molecule has 0 aliphatic carbocycles. The summed E-state index contributed by atoms with van der Waals surface area (Å²) in [5.74, 6) is 4.86. The van der Waals surface area contributed by atoms with Gasteiger partial charge in [0.05, 0.1) is 0 Å². The molecule has 19 heavy (non-hydrogen) atoms. The Hall–Kier alpha value is -1.43. The zero-order valence-corrected chi connectivity index (χ0v) is 11.6. The number of hydrazine groups is 1. The van der Waals surface area contributed by atoms with Crippen molar-refractivity contribution in [3.05, 3.63) is 35.4 Å². The molecule has 5 heteroatoms. The Balaban J connectivity index is 1.94. The van der Waals surface area contributed by atoms with Gasteiger partial charge < -0.3 is 4.90 Å².